The number of amides is 2. The Labute approximate surface area is 131 Å². The van der Waals surface area contributed by atoms with Gasteiger partial charge in [-0.15, -0.1) is 0 Å². The quantitative estimate of drug-likeness (QED) is 0.580. The van der Waals surface area contributed by atoms with Crippen LogP contribution in [0, 0.1) is 0 Å². The Hall–Kier alpha value is -2.90. The Morgan fingerprint density at radius 1 is 1.22 bits per heavy atom. The molecule has 1 aromatic carbocycles. The smallest absolute Gasteiger partial charge is 0.326 e. The number of anilines is 1. The van der Waals surface area contributed by atoms with Gasteiger partial charge >= 0.3 is 11.9 Å². The molecule has 2 atom stereocenters. The van der Waals surface area contributed by atoms with Crippen molar-refractivity contribution in [2.75, 3.05) is 5.32 Å². The second-order valence-corrected chi connectivity index (χ2v) is 5.22. The first-order valence-corrected chi connectivity index (χ1v) is 7.02. The van der Waals surface area contributed by atoms with Gasteiger partial charge in [-0.05, 0) is 18.1 Å². The summed E-state index contributed by atoms with van der Waals surface area (Å²) in [5, 5.41) is 22.5. The minimum absolute atomic E-state index is 0.195. The van der Waals surface area contributed by atoms with Crippen LogP contribution < -0.4 is 10.6 Å². The maximum absolute atomic E-state index is 12.0. The zero-order valence-corrected chi connectivity index (χ0v) is 12.1. The highest BCUT2D eigenvalue weighted by molar-refractivity contribution is 6.05. The molecule has 122 valence electrons. The summed E-state index contributed by atoms with van der Waals surface area (Å²) in [6.07, 6.45) is -0.784. The summed E-state index contributed by atoms with van der Waals surface area (Å²) in [6, 6.07) is 5.66. The average molecular weight is 320 g/mol. The van der Waals surface area contributed by atoms with Crippen LogP contribution in [-0.4, -0.2) is 40.0 Å². The summed E-state index contributed by atoms with van der Waals surface area (Å²) >= 11 is 0. The van der Waals surface area contributed by atoms with E-state index in [1.165, 1.54) is 0 Å². The second-order valence-electron chi connectivity index (χ2n) is 5.22. The predicted octanol–water partition coefficient (Wildman–Crippen LogP) is 0.547. The van der Waals surface area contributed by atoms with Crippen molar-refractivity contribution < 1.29 is 29.4 Å². The third-order valence-corrected chi connectivity index (χ3v) is 3.58. The number of nitrogens with one attached hydrogen (secondary N) is 2. The summed E-state index contributed by atoms with van der Waals surface area (Å²) in [4.78, 5) is 45.5. The number of carboxylic acids is 2. The van der Waals surface area contributed by atoms with Crippen LogP contribution >= 0.6 is 0 Å². The molecule has 0 aromatic heterocycles. The zero-order valence-electron chi connectivity index (χ0n) is 12.1. The number of hydrogen-bond acceptors (Lipinski definition) is 4. The van der Waals surface area contributed by atoms with Gasteiger partial charge in [0.2, 0.25) is 11.8 Å². The molecular weight excluding hydrogens is 304 g/mol. The number of rotatable bonds is 7. The Morgan fingerprint density at radius 3 is 2.57 bits per heavy atom. The average Bonchev–Trinajstić information content (AvgIpc) is 2.79. The molecule has 0 saturated carbocycles. The van der Waals surface area contributed by atoms with E-state index < -0.39 is 29.8 Å². The molecular formula is C15H16N2O6. The summed E-state index contributed by atoms with van der Waals surface area (Å²) in [7, 11) is 0. The van der Waals surface area contributed by atoms with Gasteiger partial charge in [-0.3, -0.25) is 14.4 Å². The molecule has 8 nitrogen and oxygen atoms in total. The minimum atomic E-state index is -1.31. The normalized spacial score (nSPS) is 17.0. The van der Waals surface area contributed by atoms with Crippen LogP contribution in [0.2, 0.25) is 0 Å². The van der Waals surface area contributed by atoms with Crippen molar-refractivity contribution in [2.24, 2.45) is 0 Å². The van der Waals surface area contributed by atoms with Gasteiger partial charge in [0.1, 0.15) is 6.04 Å². The zero-order chi connectivity index (χ0) is 17.0. The Balaban J connectivity index is 1.99. The molecule has 1 aliphatic rings. The molecule has 0 bridgehead atoms. The Morgan fingerprint density at radius 2 is 1.91 bits per heavy atom. The summed E-state index contributed by atoms with van der Waals surface area (Å²) < 4.78 is 0. The van der Waals surface area contributed by atoms with Crippen LogP contribution in [0.3, 0.4) is 0 Å². The van der Waals surface area contributed by atoms with Gasteiger partial charge in [-0.2, -0.15) is 0 Å². The van der Waals surface area contributed by atoms with Gasteiger partial charge in [-0.1, -0.05) is 18.2 Å². The summed E-state index contributed by atoms with van der Waals surface area (Å²) in [6.45, 7) is 0. The number of para-hydroxylation sites is 1. The van der Waals surface area contributed by atoms with Gasteiger partial charge in [0.05, 0.1) is 5.92 Å². The largest absolute Gasteiger partial charge is 0.481 e. The third kappa shape index (κ3) is 4.06. The van der Waals surface area contributed by atoms with Crippen molar-refractivity contribution in [1.29, 1.82) is 0 Å². The summed E-state index contributed by atoms with van der Waals surface area (Å²) in [5.74, 6) is -4.07. The first-order valence-electron chi connectivity index (χ1n) is 7.02. The highest BCUT2D eigenvalue weighted by atomic mass is 16.4. The molecule has 0 radical (unpaired) electrons. The number of fused-ring (bicyclic) bond motifs is 1. The molecule has 2 rings (SSSR count). The van der Waals surface area contributed by atoms with Gasteiger partial charge in [0, 0.05) is 18.5 Å². The Bertz CT molecular complexity index is 657. The Kier molecular flexibility index (Phi) is 4.95. The number of carbonyl (C=O) groups excluding carboxylic acids is 2. The molecule has 1 aromatic rings. The fourth-order valence-corrected chi connectivity index (χ4v) is 2.44. The van der Waals surface area contributed by atoms with E-state index in [0.29, 0.717) is 11.3 Å². The molecule has 0 spiro atoms. The molecule has 4 N–H and O–H groups in total. The standard InChI is InChI=1S/C15H16N2O6/c18-12(16-11(15(22)23)5-6-13(19)20)7-9-8-3-1-2-4-10(8)17-14(9)21/h1-4,9,11H,5-7H2,(H,16,18)(H,17,21)(H,19,20)(H,22,23)/t9?,11-/m0/s1. The predicted molar refractivity (Wildman–Crippen MR) is 78.9 cm³/mol. The lowest BCUT2D eigenvalue weighted by molar-refractivity contribution is -0.143. The first-order chi connectivity index (χ1) is 10.9. The van der Waals surface area contributed by atoms with Gasteiger partial charge in [-0.25, -0.2) is 4.79 Å². The van der Waals surface area contributed by atoms with E-state index in [0.717, 1.165) is 0 Å². The monoisotopic (exact) mass is 320 g/mol. The SMILES string of the molecule is O=C(O)CC[C@H](NC(=O)CC1C(=O)Nc2ccccc21)C(=O)O. The van der Waals surface area contributed by atoms with E-state index in [2.05, 4.69) is 10.6 Å². The molecule has 0 fully saturated rings. The fraction of sp³-hybridized carbons (Fsp3) is 0.333. The number of benzene rings is 1. The highest BCUT2D eigenvalue weighted by Gasteiger charge is 2.33. The van der Waals surface area contributed by atoms with Crippen molar-refractivity contribution in [3.05, 3.63) is 29.8 Å². The van der Waals surface area contributed by atoms with Crippen LogP contribution in [0.5, 0.6) is 0 Å². The number of carboxylic acid groups (broad SMARTS) is 2. The van der Waals surface area contributed by atoms with E-state index >= 15 is 0 Å². The highest BCUT2D eigenvalue weighted by Crippen LogP contribution is 2.34. The van der Waals surface area contributed by atoms with Crippen LogP contribution in [0.15, 0.2) is 24.3 Å². The first kappa shape index (κ1) is 16.5. The lowest BCUT2D eigenvalue weighted by Gasteiger charge is -2.15. The maximum atomic E-state index is 12.0. The van der Waals surface area contributed by atoms with Crippen molar-refractivity contribution in [3.8, 4) is 0 Å². The van der Waals surface area contributed by atoms with E-state index in [1.807, 2.05) is 0 Å². The molecule has 0 aliphatic carbocycles. The van der Waals surface area contributed by atoms with Gasteiger partial charge in [0.15, 0.2) is 0 Å². The lowest BCUT2D eigenvalue weighted by atomic mass is 9.96. The van der Waals surface area contributed by atoms with Crippen molar-refractivity contribution in [3.63, 3.8) is 0 Å². The molecule has 23 heavy (non-hydrogen) atoms. The second kappa shape index (κ2) is 6.91. The molecule has 1 unspecified atom stereocenters. The number of carbonyl (C=O) groups is 4. The summed E-state index contributed by atoms with van der Waals surface area (Å²) in [5.41, 5.74) is 1.32. The van der Waals surface area contributed by atoms with Crippen LogP contribution in [0.4, 0.5) is 5.69 Å². The molecule has 0 saturated heterocycles. The van der Waals surface area contributed by atoms with Gasteiger partial charge < -0.3 is 20.8 Å². The number of aliphatic carboxylic acids is 2. The third-order valence-electron chi connectivity index (χ3n) is 3.58. The molecule has 1 heterocycles. The van der Waals surface area contributed by atoms with E-state index in [9.17, 15) is 19.2 Å². The van der Waals surface area contributed by atoms with Crippen LogP contribution in [-0.2, 0) is 19.2 Å². The molecule has 8 heteroatoms. The fourth-order valence-electron chi connectivity index (χ4n) is 2.44. The topological polar surface area (TPSA) is 133 Å². The van der Waals surface area contributed by atoms with Crippen LogP contribution in [0.25, 0.3) is 0 Å². The van der Waals surface area contributed by atoms with Crippen molar-refractivity contribution in [2.45, 2.75) is 31.2 Å². The maximum Gasteiger partial charge on any atom is 0.326 e. The van der Waals surface area contributed by atoms with Crippen molar-refractivity contribution >= 4 is 29.4 Å². The molecule has 1 aliphatic heterocycles. The van der Waals surface area contributed by atoms with E-state index in [1.54, 1.807) is 24.3 Å². The minimum Gasteiger partial charge on any atom is -0.481 e. The lowest BCUT2D eigenvalue weighted by Crippen LogP contribution is -2.41. The van der Waals surface area contributed by atoms with Crippen LogP contribution in [0.1, 0.15) is 30.7 Å². The van der Waals surface area contributed by atoms with E-state index in [4.69, 9.17) is 10.2 Å². The number of hydrogen-bond donors (Lipinski definition) is 4. The van der Waals surface area contributed by atoms with Gasteiger partial charge in [0.25, 0.3) is 0 Å². The molecule has 2 amide bonds. The van der Waals surface area contributed by atoms with Crippen molar-refractivity contribution in [1.82, 2.24) is 5.32 Å². The van der Waals surface area contributed by atoms with E-state index in [-0.39, 0.29) is 25.2 Å².